The number of para-hydroxylation sites is 1. The molecule has 0 saturated carbocycles. The maximum absolute atomic E-state index is 14.3. The molecule has 288 valence electrons. The van der Waals surface area contributed by atoms with Crippen molar-refractivity contribution in [1.82, 2.24) is 41.8 Å². The van der Waals surface area contributed by atoms with Crippen LogP contribution in [0.15, 0.2) is 29.3 Å². The molecule has 10 atom stereocenters. The second kappa shape index (κ2) is 16.5. The molecule has 18 nitrogen and oxygen atoms in total. The van der Waals surface area contributed by atoms with Crippen molar-refractivity contribution in [2.45, 2.75) is 113 Å². The van der Waals surface area contributed by atoms with Crippen LogP contribution in [0.2, 0.25) is 0 Å². The van der Waals surface area contributed by atoms with E-state index in [9.17, 15) is 48.9 Å². The number of hydrogen-bond donors (Lipinski definition) is 10. The minimum atomic E-state index is -1.60. The summed E-state index contributed by atoms with van der Waals surface area (Å²) in [6, 6.07) is -2.32. The van der Waals surface area contributed by atoms with Crippen molar-refractivity contribution >= 4 is 64.0 Å². The third-order valence-electron chi connectivity index (χ3n) is 9.47. The fourth-order valence-corrected chi connectivity index (χ4v) is 7.71. The van der Waals surface area contributed by atoms with Crippen LogP contribution in [0.25, 0.3) is 10.9 Å². The third kappa shape index (κ3) is 9.09. The van der Waals surface area contributed by atoms with Gasteiger partial charge in [0.15, 0.2) is 0 Å². The first-order valence-corrected chi connectivity index (χ1v) is 18.4. The number of carbonyl (C=O) groups excluding carboxylic acids is 7. The normalized spacial score (nSPS) is 30.8. The molecule has 3 aliphatic heterocycles. The molecule has 53 heavy (non-hydrogen) atoms. The van der Waals surface area contributed by atoms with E-state index in [1.54, 1.807) is 24.3 Å². The van der Waals surface area contributed by atoms with Crippen LogP contribution in [-0.2, 0) is 40.0 Å². The van der Waals surface area contributed by atoms with Gasteiger partial charge in [-0.25, -0.2) is 0 Å². The van der Waals surface area contributed by atoms with Crippen LogP contribution in [0, 0.1) is 0 Å². The summed E-state index contributed by atoms with van der Waals surface area (Å²) in [7, 11) is 0. The molecule has 2 bridgehead atoms. The van der Waals surface area contributed by atoms with Gasteiger partial charge in [0.25, 0.3) is 0 Å². The average Bonchev–Trinajstić information content (AvgIpc) is 3.66. The Morgan fingerprint density at radius 2 is 1.43 bits per heavy atom. The maximum Gasteiger partial charge on any atom is 0.246 e. The van der Waals surface area contributed by atoms with Gasteiger partial charge in [-0.05, 0) is 39.3 Å². The van der Waals surface area contributed by atoms with Gasteiger partial charge in [0.05, 0.1) is 23.3 Å². The lowest BCUT2D eigenvalue weighted by molar-refractivity contribution is -0.142. The van der Waals surface area contributed by atoms with Gasteiger partial charge in [-0.2, -0.15) is 0 Å². The number of carbonyl (C=O) groups is 7. The zero-order chi connectivity index (χ0) is 38.7. The molecule has 0 spiro atoms. The maximum atomic E-state index is 14.3. The van der Waals surface area contributed by atoms with Gasteiger partial charge in [-0.3, -0.25) is 33.6 Å². The number of aliphatic hydroxyl groups is 3. The fraction of sp³-hybridized carbons (Fsp3) is 0.559. The van der Waals surface area contributed by atoms with Crippen molar-refractivity contribution in [3.8, 4) is 0 Å². The van der Waals surface area contributed by atoms with Crippen LogP contribution in [0.3, 0.4) is 0 Å². The van der Waals surface area contributed by atoms with Crippen LogP contribution < -0.4 is 31.9 Å². The lowest BCUT2D eigenvalue weighted by Crippen LogP contribution is -2.61. The molecule has 7 amide bonds. The summed E-state index contributed by atoms with van der Waals surface area (Å²) in [5, 5.41) is 47.9. The number of benzene rings is 1. The minimum absolute atomic E-state index is 0.136. The highest BCUT2D eigenvalue weighted by molar-refractivity contribution is 7.99. The van der Waals surface area contributed by atoms with Crippen molar-refractivity contribution in [3.63, 3.8) is 0 Å². The van der Waals surface area contributed by atoms with Gasteiger partial charge in [-0.15, -0.1) is 11.8 Å². The second-order valence-electron chi connectivity index (χ2n) is 13.8. The third-order valence-corrected chi connectivity index (χ3v) is 10.6. The summed E-state index contributed by atoms with van der Waals surface area (Å²) in [5.74, 6) is -5.88. The number of nitrogens with one attached hydrogen (secondary N) is 7. The lowest BCUT2D eigenvalue weighted by Gasteiger charge is -2.30. The molecule has 4 heterocycles. The van der Waals surface area contributed by atoms with E-state index in [1.807, 2.05) is 0 Å². The van der Waals surface area contributed by atoms with Crippen LogP contribution >= 0.6 is 11.8 Å². The molecule has 0 radical (unpaired) electrons. The lowest BCUT2D eigenvalue weighted by atomic mass is 10.0. The first-order valence-electron chi connectivity index (χ1n) is 17.4. The molecule has 0 aliphatic carbocycles. The van der Waals surface area contributed by atoms with Crippen molar-refractivity contribution in [3.05, 3.63) is 29.8 Å². The van der Waals surface area contributed by atoms with E-state index in [2.05, 4.69) is 36.9 Å². The number of amides is 7. The molecule has 1 aromatic heterocycles. The predicted molar refractivity (Wildman–Crippen MR) is 190 cm³/mol. The molecule has 2 aromatic rings. The molecule has 1 aromatic carbocycles. The summed E-state index contributed by atoms with van der Waals surface area (Å²) in [6.45, 7) is 5.10. The number of rotatable bonds is 3. The smallest absolute Gasteiger partial charge is 0.246 e. The molecule has 19 heteroatoms. The number of aromatic amines is 1. The van der Waals surface area contributed by atoms with Crippen molar-refractivity contribution in [2.75, 3.05) is 12.3 Å². The standard InChI is InChI=1S/C34H46N8O10S/c1-14(43)9-22-29(48)35-16(3)28(47)41-26(17(4)44)32(51)39-24-13-53-33-20(19-7-5-6-8-21(19)40-33)11-23(30(49)38-22)37-27(46)15(2)36-31(50)25-10-18(45)12-42(25)34(24)52/h5-8,14-18,22-26,40,43-45H,9-13H2,1-4H3,(H,35,48)(H,36,50)(H,37,46)(H,38,49)(H,39,51)(H,41,47)/t14?,15-,16-,17+,18+,22-,23-,24+,25-,26-/m0/s1. The summed E-state index contributed by atoms with van der Waals surface area (Å²) < 4.78 is 0. The Bertz CT molecular complexity index is 1770. The fourth-order valence-electron chi connectivity index (χ4n) is 6.60. The van der Waals surface area contributed by atoms with E-state index in [-0.39, 0.29) is 31.6 Å². The Kier molecular flexibility index (Phi) is 12.3. The Morgan fingerprint density at radius 1 is 0.792 bits per heavy atom. The van der Waals surface area contributed by atoms with Gasteiger partial charge in [0.1, 0.15) is 42.3 Å². The van der Waals surface area contributed by atoms with E-state index in [4.69, 9.17) is 0 Å². The Morgan fingerprint density at radius 3 is 2.11 bits per heavy atom. The number of fused-ring (bicyclic) bond motifs is 5. The molecule has 10 N–H and O–H groups in total. The minimum Gasteiger partial charge on any atom is -0.393 e. The van der Waals surface area contributed by atoms with Gasteiger partial charge < -0.3 is 57.1 Å². The first kappa shape index (κ1) is 39.5. The van der Waals surface area contributed by atoms with Gasteiger partial charge in [0.2, 0.25) is 41.4 Å². The van der Waals surface area contributed by atoms with Crippen molar-refractivity contribution < 1.29 is 48.9 Å². The Balaban J connectivity index is 1.68. The zero-order valence-corrected chi connectivity index (χ0v) is 30.5. The molecular formula is C34H46N8O10S. The largest absolute Gasteiger partial charge is 0.393 e. The summed E-state index contributed by atoms with van der Waals surface area (Å²) in [6.07, 6.45) is -4.23. The molecular weight excluding hydrogens is 712 g/mol. The topological polar surface area (TPSA) is 271 Å². The van der Waals surface area contributed by atoms with E-state index < -0.39 is 102 Å². The number of thioether (sulfide) groups is 1. The van der Waals surface area contributed by atoms with E-state index in [1.165, 1.54) is 27.7 Å². The monoisotopic (exact) mass is 758 g/mol. The predicted octanol–water partition coefficient (Wildman–Crippen LogP) is -3.11. The van der Waals surface area contributed by atoms with E-state index in [0.29, 0.717) is 21.5 Å². The molecule has 1 saturated heterocycles. The number of aliphatic hydroxyl groups excluding tert-OH is 3. The van der Waals surface area contributed by atoms with Gasteiger partial charge in [-0.1, -0.05) is 18.2 Å². The number of aromatic nitrogens is 1. The van der Waals surface area contributed by atoms with E-state index >= 15 is 0 Å². The Hall–Kier alpha value is -4.72. The highest BCUT2D eigenvalue weighted by atomic mass is 32.2. The first-order chi connectivity index (χ1) is 25.0. The quantitative estimate of drug-likeness (QED) is 0.150. The second-order valence-corrected chi connectivity index (χ2v) is 14.9. The number of nitrogens with zero attached hydrogens (tertiary/aromatic N) is 1. The highest BCUT2D eigenvalue weighted by Crippen LogP contribution is 2.32. The zero-order valence-electron chi connectivity index (χ0n) is 29.7. The van der Waals surface area contributed by atoms with Gasteiger partial charge in [0, 0.05) is 42.5 Å². The Labute approximate surface area is 308 Å². The molecule has 5 rings (SSSR count). The summed E-state index contributed by atoms with van der Waals surface area (Å²) in [4.78, 5) is 101. The highest BCUT2D eigenvalue weighted by Gasteiger charge is 2.43. The van der Waals surface area contributed by atoms with Crippen LogP contribution in [0.4, 0.5) is 0 Å². The van der Waals surface area contributed by atoms with E-state index in [0.717, 1.165) is 16.7 Å². The van der Waals surface area contributed by atoms with Crippen LogP contribution in [0.1, 0.15) is 46.1 Å². The average molecular weight is 759 g/mol. The summed E-state index contributed by atoms with van der Waals surface area (Å²) in [5.41, 5.74) is 1.22. The molecule has 3 aliphatic rings. The molecule has 1 fully saturated rings. The SMILES string of the molecule is CC(O)C[C@@H]1NC(=O)[C@@H]2Cc3c([nH]c4ccccc34)SC[C@@H](NC(=O)[C@H]([C@@H](C)O)NC(=O)[C@H](C)NC1=O)C(=O)N1C[C@H](O)C[C@H]1C(=O)N[C@@H](C)C(=O)N2. The van der Waals surface area contributed by atoms with Crippen molar-refractivity contribution in [2.24, 2.45) is 0 Å². The van der Waals surface area contributed by atoms with Gasteiger partial charge >= 0.3 is 0 Å². The molecule has 1 unspecified atom stereocenters. The van der Waals surface area contributed by atoms with Crippen molar-refractivity contribution in [1.29, 1.82) is 0 Å². The van der Waals surface area contributed by atoms with Crippen LogP contribution in [-0.4, -0.2) is 139 Å². The van der Waals surface area contributed by atoms with Crippen LogP contribution in [0.5, 0.6) is 0 Å². The number of hydrogen-bond acceptors (Lipinski definition) is 11. The summed E-state index contributed by atoms with van der Waals surface area (Å²) >= 11 is 1.11. The number of H-pyrrole nitrogens is 1.